The van der Waals surface area contributed by atoms with Crippen molar-refractivity contribution < 1.29 is 4.79 Å². The number of nitrogens with one attached hydrogen (secondary N) is 1. The van der Waals surface area contributed by atoms with Crippen LogP contribution in [0.4, 0.5) is 0 Å². The SMILES string of the molecule is O=C(NCCc1nccs1)c1cc(S)cs1. The number of hydrogen-bond donors (Lipinski definition) is 2. The molecule has 0 radical (unpaired) electrons. The average Bonchev–Trinajstić information content (AvgIpc) is 2.89. The van der Waals surface area contributed by atoms with Gasteiger partial charge in [-0.3, -0.25) is 4.79 Å². The van der Waals surface area contributed by atoms with E-state index in [0.717, 1.165) is 16.3 Å². The second-order valence-electron chi connectivity index (χ2n) is 3.10. The van der Waals surface area contributed by atoms with Crippen molar-refractivity contribution in [3.63, 3.8) is 0 Å². The molecule has 0 saturated carbocycles. The third-order valence-electron chi connectivity index (χ3n) is 1.92. The van der Waals surface area contributed by atoms with Crippen molar-refractivity contribution in [3.05, 3.63) is 32.9 Å². The molecule has 0 atom stereocenters. The van der Waals surface area contributed by atoms with Crippen molar-refractivity contribution in [2.45, 2.75) is 11.3 Å². The minimum Gasteiger partial charge on any atom is -0.351 e. The number of carbonyl (C=O) groups excluding carboxylic acids is 1. The van der Waals surface area contributed by atoms with E-state index in [2.05, 4.69) is 22.9 Å². The lowest BCUT2D eigenvalue weighted by Crippen LogP contribution is -2.24. The van der Waals surface area contributed by atoms with Crippen LogP contribution in [0.5, 0.6) is 0 Å². The van der Waals surface area contributed by atoms with Gasteiger partial charge in [-0.25, -0.2) is 4.98 Å². The molecule has 2 aromatic heterocycles. The number of carbonyl (C=O) groups is 1. The predicted octanol–water partition coefficient (Wildman–Crippen LogP) is 2.47. The molecular weight excluding hydrogens is 260 g/mol. The van der Waals surface area contributed by atoms with Crippen molar-refractivity contribution in [2.75, 3.05) is 6.54 Å². The zero-order valence-corrected chi connectivity index (χ0v) is 10.9. The van der Waals surface area contributed by atoms with Gasteiger partial charge in [0.15, 0.2) is 0 Å². The Hall–Kier alpha value is -0.850. The van der Waals surface area contributed by atoms with Gasteiger partial charge in [0.05, 0.1) is 9.88 Å². The number of aromatic nitrogens is 1. The number of thiazole rings is 1. The zero-order valence-electron chi connectivity index (χ0n) is 8.34. The Bertz CT molecular complexity index is 464. The van der Waals surface area contributed by atoms with Gasteiger partial charge in [-0.2, -0.15) is 0 Å². The summed E-state index contributed by atoms with van der Waals surface area (Å²) in [7, 11) is 0. The van der Waals surface area contributed by atoms with Crippen LogP contribution in [0.1, 0.15) is 14.7 Å². The first-order valence-corrected chi connectivity index (χ1v) is 6.90. The zero-order chi connectivity index (χ0) is 11.4. The van der Waals surface area contributed by atoms with Crippen LogP contribution in [0.15, 0.2) is 27.9 Å². The third kappa shape index (κ3) is 3.07. The maximum Gasteiger partial charge on any atom is 0.261 e. The van der Waals surface area contributed by atoms with Crippen LogP contribution in [0.25, 0.3) is 0 Å². The average molecular weight is 270 g/mol. The van der Waals surface area contributed by atoms with Crippen molar-refractivity contribution >= 4 is 41.2 Å². The number of thiol groups is 1. The molecule has 0 aliphatic heterocycles. The van der Waals surface area contributed by atoms with Crippen LogP contribution in [-0.2, 0) is 6.42 Å². The van der Waals surface area contributed by atoms with Crippen LogP contribution >= 0.6 is 35.3 Å². The number of nitrogens with zero attached hydrogens (tertiary/aromatic N) is 1. The van der Waals surface area contributed by atoms with Crippen molar-refractivity contribution in [1.82, 2.24) is 10.3 Å². The standard InChI is InChI=1S/C10H10N2OS3/c13-10(8-5-7(14)6-16-8)12-2-1-9-11-3-4-15-9/h3-6,14H,1-2H2,(H,12,13). The summed E-state index contributed by atoms with van der Waals surface area (Å²) in [5.41, 5.74) is 0. The maximum atomic E-state index is 11.6. The molecule has 0 saturated heterocycles. The monoisotopic (exact) mass is 270 g/mol. The Balaban J connectivity index is 1.80. The Kier molecular flexibility index (Phi) is 3.98. The molecule has 2 heterocycles. The molecule has 0 aliphatic carbocycles. The van der Waals surface area contributed by atoms with E-state index in [1.165, 1.54) is 11.3 Å². The first-order chi connectivity index (χ1) is 7.75. The lowest BCUT2D eigenvalue weighted by molar-refractivity contribution is 0.0958. The molecular formula is C10H10N2OS3. The van der Waals surface area contributed by atoms with E-state index >= 15 is 0 Å². The van der Waals surface area contributed by atoms with Gasteiger partial charge in [0.1, 0.15) is 0 Å². The Morgan fingerprint density at radius 2 is 2.38 bits per heavy atom. The highest BCUT2D eigenvalue weighted by Gasteiger charge is 2.07. The number of amides is 1. The van der Waals surface area contributed by atoms with Gasteiger partial charge in [0.25, 0.3) is 5.91 Å². The summed E-state index contributed by atoms with van der Waals surface area (Å²) in [5, 5.41) is 7.68. The van der Waals surface area contributed by atoms with E-state index in [0.29, 0.717) is 11.4 Å². The number of thiophene rings is 1. The van der Waals surface area contributed by atoms with E-state index in [-0.39, 0.29) is 5.91 Å². The molecule has 6 heteroatoms. The largest absolute Gasteiger partial charge is 0.351 e. The summed E-state index contributed by atoms with van der Waals surface area (Å²) in [4.78, 5) is 17.3. The molecule has 0 unspecified atom stereocenters. The molecule has 3 nitrogen and oxygen atoms in total. The Morgan fingerprint density at radius 3 is 3.00 bits per heavy atom. The molecule has 1 amide bonds. The predicted molar refractivity (Wildman–Crippen MR) is 69.7 cm³/mol. The van der Waals surface area contributed by atoms with Gasteiger partial charge < -0.3 is 5.32 Å². The van der Waals surface area contributed by atoms with E-state index in [1.807, 2.05) is 10.8 Å². The second-order valence-corrected chi connectivity index (χ2v) is 5.51. The van der Waals surface area contributed by atoms with Gasteiger partial charge in [-0.15, -0.1) is 35.3 Å². The topological polar surface area (TPSA) is 42.0 Å². The second kappa shape index (κ2) is 5.47. The van der Waals surface area contributed by atoms with Gasteiger partial charge in [-0.1, -0.05) is 0 Å². The smallest absolute Gasteiger partial charge is 0.261 e. The van der Waals surface area contributed by atoms with E-state index in [1.54, 1.807) is 23.6 Å². The fourth-order valence-corrected chi connectivity index (χ4v) is 2.88. The molecule has 0 fully saturated rings. The summed E-state index contributed by atoms with van der Waals surface area (Å²) >= 11 is 7.17. The minimum atomic E-state index is -0.0399. The number of hydrogen-bond acceptors (Lipinski definition) is 5. The van der Waals surface area contributed by atoms with Gasteiger partial charge in [-0.05, 0) is 6.07 Å². The Labute approximate surface area is 107 Å². The molecule has 1 N–H and O–H groups in total. The van der Waals surface area contributed by atoms with E-state index in [4.69, 9.17) is 0 Å². The normalized spacial score (nSPS) is 10.3. The van der Waals surface area contributed by atoms with E-state index < -0.39 is 0 Å². The molecule has 84 valence electrons. The highest BCUT2D eigenvalue weighted by molar-refractivity contribution is 7.80. The molecule has 0 aromatic carbocycles. The van der Waals surface area contributed by atoms with Crippen LogP contribution in [0.2, 0.25) is 0 Å². The van der Waals surface area contributed by atoms with Crippen molar-refractivity contribution in [1.29, 1.82) is 0 Å². The molecule has 16 heavy (non-hydrogen) atoms. The molecule has 2 rings (SSSR count). The van der Waals surface area contributed by atoms with Gasteiger partial charge >= 0.3 is 0 Å². The summed E-state index contributed by atoms with van der Waals surface area (Å²) < 4.78 is 0. The molecule has 2 aromatic rings. The molecule has 0 bridgehead atoms. The highest BCUT2D eigenvalue weighted by atomic mass is 32.1. The minimum absolute atomic E-state index is 0.0399. The maximum absolute atomic E-state index is 11.6. The lowest BCUT2D eigenvalue weighted by atomic mass is 10.4. The van der Waals surface area contributed by atoms with Crippen molar-refractivity contribution in [3.8, 4) is 0 Å². The summed E-state index contributed by atoms with van der Waals surface area (Å²) in [5.74, 6) is -0.0399. The first-order valence-electron chi connectivity index (χ1n) is 4.70. The molecule has 0 aliphatic rings. The van der Waals surface area contributed by atoms with Crippen LogP contribution in [0.3, 0.4) is 0 Å². The Morgan fingerprint density at radius 1 is 1.50 bits per heavy atom. The van der Waals surface area contributed by atoms with Gasteiger partial charge in [0, 0.05) is 34.8 Å². The van der Waals surface area contributed by atoms with Crippen LogP contribution in [0, 0.1) is 0 Å². The van der Waals surface area contributed by atoms with Crippen LogP contribution < -0.4 is 5.32 Å². The fourth-order valence-electron chi connectivity index (χ4n) is 1.19. The van der Waals surface area contributed by atoms with Crippen LogP contribution in [-0.4, -0.2) is 17.4 Å². The van der Waals surface area contributed by atoms with Gasteiger partial charge in [0.2, 0.25) is 0 Å². The molecule has 0 spiro atoms. The number of rotatable bonds is 4. The quantitative estimate of drug-likeness (QED) is 0.838. The summed E-state index contributed by atoms with van der Waals surface area (Å²) in [6.45, 7) is 0.617. The summed E-state index contributed by atoms with van der Waals surface area (Å²) in [6, 6.07) is 1.77. The fraction of sp³-hybridized carbons (Fsp3) is 0.200. The summed E-state index contributed by atoms with van der Waals surface area (Å²) in [6.07, 6.45) is 2.55. The lowest BCUT2D eigenvalue weighted by Gasteiger charge is -2.00. The first kappa shape index (κ1) is 11.6. The highest BCUT2D eigenvalue weighted by Crippen LogP contribution is 2.17. The third-order valence-corrected chi connectivity index (χ3v) is 4.12. The van der Waals surface area contributed by atoms with E-state index in [9.17, 15) is 4.79 Å². The van der Waals surface area contributed by atoms with Crippen molar-refractivity contribution in [2.24, 2.45) is 0 Å².